The summed E-state index contributed by atoms with van der Waals surface area (Å²) in [6.45, 7) is 2.75. The first-order chi connectivity index (χ1) is 9.24. The van der Waals surface area contributed by atoms with Crippen LogP contribution < -0.4 is 15.4 Å². The van der Waals surface area contributed by atoms with Gasteiger partial charge < -0.3 is 15.4 Å². The van der Waals surface area contributed by atoms with Gasteiger partial charge in [0.2, 0.25) is 5.75 Å². The molecular formula is C12H17N5OS. The van der Waals surface area contributed by atoms with Gasteiger partial charge in [-0.15, -0.1) is 11.3 Å². The van der Waals surface area contributed by atoms with Gasteiger partial charge in [0, 0.05) is 31.1 Å². The number of rotatable bonds is 6. The van der Waals surface area contributed by atoms with E-state index in [0.29, 0.717) is 17.4 Å². The van der Waals surface area contributed by atoms with Gasteiger partial charge in [0.1, 0.15) is 6.33 Å². The molecular weight excluding hydrogens is 262 g/mol. The lowest BCUT2D eigenvalue weighted by atomic mass is 10.4. The quantitative estimate of drug-likeness (QED) is 0.842. The molecule has 2 rings (SSSR count). The second-order valence-electron chi connectivity index (χ2n) is 3.91. The molecule has 2 N–H and O–H groups in total. The molecule has 6 nitrogen and oxygen atoms in total. The third kappa shape index (κ3) is 3.31. The van der Waals surface area contributed by atoms with Crippen molar-refractivity contribution in [3.05, 3.63) is 22.4 Å². The van der Waals surface area contributed by atoms with Crippen molar-refractivity contribution in [1.29, 1.82) is 0 Å². The van der Waals surface area contributed by atoms with Crippen LogP contribution in [0.15, 0.2) is 11.7 Å². The highest BCUT2D eigenvalue weighted by Gasteiger charge is 2.10. The van der Waals surface area contributed by atoms with Crippen LogP contribution in [0.3, 0.4) is 0 Å². The summed E-state index contributed by atoms with van der Waals surface area (Å²) in [4.78, 5) is 12.7. The molecule has 0 aromatic carbocycles. The predicted octanol–water partition coefficient (Wildman–Crippen LogP) is 1.95. The molecule has 2 aromatic rings. The lowest BCUT2D eigenvalue weighted by molar-refractivity contribution is 0.415. The number of aryl methyl sites for hydroxylation is 1. The Morgan fingerprint density at radius 3 is 2.74 bits per heavy atom. The van der Waals surface area contributed by atoms with E-state index in [4.69, 9.17) is 4.74 Å². The molecule has 2 heterocycles. The minimum Gasteiger partial charge on any atom is -0.490 e. The Hall–Kier alpha value is -1.89. The molecule has 0 unspecified atom stereocenters. The van der Waals surface area contributed by atoms with Gasteiger partial charge in [0.25, 0.3) is 0 Å². The van der Waals surface area contributed by atoms with Crippen molar-refractivity contribution in [3.8, 4) is 5.75 Å². The summed E-state index contributed by atoms with van der Waals surface area (Å²) in [6, 6.07) is 0. The molecule has 0 saturated heterocycles. The number of anilines is 2. The zero-order valence-electron chi connectivity index (χ0n) is 11.2. The zero-order chi connectivity index (χ0) is 13.7. The van der Waals surface area contributed by atoms with Crippen LogP contribution in [0.25, 0.3) is 0 Å². The number of hydrogen-bond donors (Lipinski definition) is 2. The maximum Gasteiger partial charge on any atom is 0.204 e. The van der Waals surface area contributed by atoms with Gasteiger partial charge in [0.05, 0.1) is 12.1 Å². The summed E-state index contributed by atoms with van der Waals surface area (Å²) in [5.74, 6) is 1.99. The summed E-state index contributed by atoms with van der Waals surface area (Å²) in [7, 11) is 3.40. The number of nitrogens with zero attached hydrogens (tertiary/aromatic N) is 3. The highest BCUT2D eigenvalue weighted by molar-refractivity contribution is 7.09. The first-order valence-corrected chi connectivity index (χ1v) is 6.84. The van der Waals surface area contributed by atoms with Gasteiger partial charge in [-0.3, -0.25) is 0 Å². The third-order valence-electron chi connectivity index (χ3n) is 2.54. The maximum absolute atomic E-state index is 5.31. The summed E-state index contributed by atoms with van der Waals surface area (Å²) in [5.41, 5.74) is 1.07. The van der Waals surface area contributed by atoms with E-state index in [-0.39, 0.29) is 0 Å². The van der Waals surface area contributed by atoms with Crippen molar-refractivity contribution in [1.82, 2.24) is 15.0 Å². The van der Waals surface area contributed by atoms with E-state index in [0.717, 1.165) is 23.7 Å². The SMILES string of the molecule is CNc1ncnc(NCCc2nc(C)cs2)c1OC. The fraction of sp³-hybridized carbons (Fsp3) is 0.417. The molecule has 0 atom stereocenters. The van der Waals surface area contributed by atoms with Gasteiger partial charge in [-0.05, 0) is 6.92 Å². The number of nitrogens with one attached hydrogen (secondary N) is 2. The number of aromatic nitrogens is 3. The number of thiazole rings is 1. The van der Waals surface area contributed by atoms with Crippen molar-refractivity contribution in [2.45, 2.75) is 13.3 Å². The number of hydrogen-bond acceptors (Lipinski definition) is 7. The van der Waals surface area contributed by atoms with E-state index in [1.807, 2.05) is 6.92 Å². The molecule has 0 spiro atoms. The monoisotopic (exact) mass is 279 g/mol. The van der Waals surface area contributed by atoms with E-state index in [1.54, 1.807) is 25.5 Å². The van der Waals surface area contributed by atoms with Crippen molar-refractivity contribution in [3.63, 3.8) is 0 Å². The number of methoxy groups -OCH3 is 1. The molecule has 0 saturated carbocycles. The molecule has 0 amide bonds. The van der Waals surface area contributed by atoms with Crippen LogP contribution in [-0.2, 0) is 6.42 Å². The predicted molar refractivity (Wildman–Crippen MR) is 77.2 cm³/mol. The standard InChI is InChI=1S/C12H17N5OS/c1-8-6-19-9(17-8)4-5-14-12-10(18-3)11(13-2)15-7-16-12/h6-7H,4-5H2,1-3H3,(H2,13,14,15,16). The van der Waals surface area contributed by atoms with Crippen LogP contribution in [0.5, 0.6) is 5.75 Å². The lowest BCUT2D eigenvalue weighted by Gasteiger charge is -2.12. The summed E-state index contributed by atoms with van der Waals surface area (Å²) >= 11 is 1.67. The maximum atomic E-state index is 5.31. The highest BCUT2D eigenvalue weighted by Crippen LogP contribution is 2.28. The van der Waals surface area contributed by atoms with Crippen LogP contribution in [0.2, 0.25) is 0 Å². The van der Waals surface area contributed by atoms with E-state index in [1.165, 1.54) is 6.33 Å². The topological polar surface area (TPSA) is 72.0 Å². The number of ether oxygens (including phenoxy) is 1. The van der Waals surface area contributed by atoms with Crippen LogP contribution in [0.4, 0.5) is 11.6 Å². The molecule has 0 aliphatic heterocycles. The van der Waals surface area contributed by atoms with Crippen molar-refractivity contribution >= 4 is 23.0 Å². The molecule has 102 valence electrons. The third-order valence-corrected chi connectivity index (χ3v) is 3.57. The first-order valence-electron chi connectivity index (χ1n) is 5.96. The molecule has 19 heavy (non-hydrogen) atoms. The molecule has 7 heteroatoms. The Labute approximate surface area is 116 Å². The van der Waals surface area contributed by atoms with Gasteiger partial charge in [-0.2, -0.15) is 0 Å². The van der Waals surface area contributed by atoms with Gasteiger partial charge in [-0.1, -0.05) is 0 Å². The molecule has 0 aliphatic carbocycles. The average Bonchev–Trinajstić information content (AvgIpc) is 2.84. The van der Waals surface area contributed by atoms with Crippen LogP contribution in [-0.4, -0.2) is 35.7 Å². The smallest absolute Gasteiger partial charge is 0.204 e. The molecule has 0 radical (unpaired) electrons. The van der Waals surface area contributed by atoms with Crippen LogP contribution >= 0.6 is 11.3 Å². The molecule has 0 fully saturated rings. The Bertz CT molecular complexity index is 543. The highest BCUT2D eigenvalue weighted by atomic mass is 32.1. The Morgan fingerprint density at radius 1 is 1.32 bits per heavy atom. The summed E-state index contributed by atoms with van der Waals surface area (Å²) in [5, 5.41) is 9.39. The summed E-state index contributed by atoms with van der Waals surface area (Å²) < 4.78 is 5.31. The van der Waals surface area contributed by atoms with Gasteiger partial charge in [-0.25, -0.2) is 15.0 Å². The van der Waals surface area contributed by atoms with Crippen molar-refractivity contribution in [2.75, 3.05) is 31.3 Å². The van der Waals surface area contributed by atoms with Crippen LogP contribution in [0, 0.1) is 6.92 Å². The van der Waals surface area contributed by atoms with Gasteiger partial charge >= 0.3 is 0 Å². The fourth-order valence-corrected chi connectivity index (χ4v) is 2.45. The van der Waals surface area contributed by atoms with Crippen molar-refractivity contribution in [2.24, 2.45) is 0 Å². The second-order valence-corrected chi connectivity index (χ2v) is 4.86. The largest absolute Gasteiger partial charge is 0.490 e. The van der Waals surface area contributed by atoms with E-state index >= 15 is 0 Å². The van der Waals surface area contributed by atoms with E-state index < -0.39 is 0 Å². The lowest BCUT2D eigenvalue weighted by Crippen LogP contribution is -2.09. The zero-order valence-corrected chi connectivity index (χ0v) is 12.0. The average molecular weight is 279 g/mol. The van der Waals surface area contributed by atoms with E-state index in [9.17, 15) is 0 Å². The van der Waals surface area contributed by atoms with Crippen molar-refractivity contribution < 1.29 is 4.74 Å². The second kappa shape index (κ2) is 6.33. The van der Waals surface area contributed by atoms with Crippen LogP contribution in [0.1, 0.15) is 10.7 Å². The molecule has 0 aliphatic rings. The Morgan fingerprint density at radius 2 is 2.11 bits per heavy atom. The fourth-order valence-electron chi connectivity index (χ4n) is 1.68. The summed E-state index contributed by atoms with van der Waals surface area (Å²) in [6.07, 6.45) is 2.37. The van der Waals surface area contributed by atoms with Gasteiger partial charge in [0.15, 0.2) is 11.6 Å². The minimum absolute atomic E-state index is 0.625. The normalized spacial score (nSPS) is 10.3. The molecule has 0 bridgehead atoms. The first kappa shape index (κ1) is 13.5. The minimum atomic E-state index is 0.625. The molecule has 2 aromatic heterocycles. The Balaban J connectivity index is 1.99. The Kier molecular flexibility index (Phi) is 4.51. The van der Waals surface area contributed by atoms with E-state index in [2.05, 4.69) is 31.0 Å².